The van der Waals surface area contributed by atoms with Gasteiger partial charge in [0.25, 0.3) is 5.91 Å². The number of likely N-dealkylation sites (tertiary alicyclic amines) is 1. The largest absolute Gasteiger partial charge is 0.334 e. The third-order valence-electron chi connectivity index (χ3n) is 5.22. The first-order valence-corrected chi connectivity index (χ1v) is 8.01. The van der Waals surface area contributed by atoms with Crippen LogP contribution in [-0.4, -0.2) is 28.4 Å². The van der Waals surface area contributed by atoms with Crippen LogP contribution < -0.4 is 5.56 Å². The molecule has 1 spiro atoms. The van der Waals surface area contributed by atoms with Crippen LogP contribution in [0.3, 0.4) is 0 Å². The molecule has 2 aliphatic rings. The van der Waals surface area contributed by atoms with E-state index in [1.165, 1.54) is 25.3 Å². The Balaban J connectivity index is 1.86. The first kappa shape index (κ1) is 14.4. The lowest BCUT2D eigenvalue weighted by Gasteiger charge is -2.64. The van der Waals surface area contributed by atoms with Gasteiger partial charge in [0.05, 0.1) is 0 Å². The molecule has 1 aliphatic heterocycles. The Morgan fingerprint density at radius 2 is 2.14 bits per heavy atom. The molecule has 1 saturated heterocycles. The van der Waals surface area contributed by atoms with E-state index in [0.717, 1.165) is 18.7 Å². The molecule has 0 radical (unpaired) electrons. The molecule has 4 heteroatoms. The number of carbonyl (C=O) groups is 1. The van der Waals surface area contributed by atoms with E-state index >= 15 is 0 Å². The van der Waals surface area contributed by atoms with Gasteiger partial charge in [0.15, 0.2) is 0 Å². The second-order valence-corrected chi connectivity index (χ2v) is 6.95. The maximum absolute atomic E-state index is 12.8. The van der Waals surface area contributed by atoms with Crippen LogP contribution in [0, 0.1) is 11.3 Å². The summed E-state index contributed by atoms with van der Waals surface area (Å²) in [6.07, 6.45) is 4.51. The van der Waals surface area contributed by atoms with E-state index in [0.29, 0.717) is 22.9 Å². The number of hydrogen-bond acceptors (Lipinski definition) is 2. The molecule has 1 atom stereocenters. The fraction of sp³-hybridized carbons (Fsp3) is 0.647. The van der Waals surface area contributed by atoms with Crippen molar-refractivity contribution in [2.45, 2.75) is 52.5 Å². The Morgan fingerprint density at radius 3 is 2.67 bits per heavy atom. The monoisotopic (exact) mass is 288 g/mol. The van der Waals surface area contributed by atoms with Crippen molar-refractivity contribution >= 4 is 5.91 Å². The second-order valence-electron chi connectivity index (χ2n) is 6.95. The predicted molar refractivity (Wildman–Crippen MR) is 82.4 cm³/mol. The van der Waals surface area contributed by atoms with Crippen molar-refractivity contribution in [2.75, 3.05) is 6.54 Å². The van der Waals surface area contributed by atoms with E-state index in [2.05, 4.69) is 18.8 Å². The number of carbonyl (C=O) groups excluding carboxylic acids is 1. The number of nitrogens with one attached hydrogen (secondary N) is 1. The van der Waals surface area contributed by atoms with Crippen LogP contribution in [0.25, 0.3) is 0 Å². The molecule has 4 nitrogen and oxygen atoms in total. The Morgan fingerprint density at radius 1 is 1.43 bits per heavy atom. The molecule has 1 N–H and O–H groups in total. The fourth-order valence-electron chi connectivity index (χ4n) is 4.18. The normalized spacial score (nSPS) is 23.0. The average Bonchev–Trinajstić information content (AvgIpc) is 2.34. The minimum atomic E-state index is -0.183. The zero-order valence-corrected chi connectivity index (χ0v) is 13.1. The van der Waals surface area contributed by atoms with Gasteiger partial charge in [0.1, 0.15) is 0 Å². The van der Waals surface area contributed by atoms with Crippen LogP contribution >= 0.6 is 0 Å². The van der Waals surface area contributed by atoms with Crippen molar-refractivity contribution in [1.29, 1.82) is 0 Å². The molecule has 3 rings (SSSR count). The minimum absolute atomic E-state index is 0.0204. The van der Waals surface area contributed by atoms with E-state index in [4.69, 9.17) is 0 Å². The SMILES string of the molecule is CCc1cc(C(=O)N2CC3(CCC3)C2C(C)C)cc(=O)[nH]1. The van der Waals surface area contributed by atoms with Gasteiger partial charge in [-0.1, -0.05) is 27.2 Å². The van der Waals surface area contributed by atoms with E-state index in [9.17, 15) is 9.59 Å². The molecule has 2 heterocycles. The van der Waals surface area contributed by atoms with Crippen LogP contribution in [0.15, 0.2) is 16.9 Å². The third-order valence-corrected chi connectivity index (χ3v) is 5.22. The van der Waals surface area contributed by atoms with Gasteiger partial charge in [-0.05, 0) is 31.2 Å². The minimum Gasteiger partial charge on any atom is -0.334 e. The highest BCUT2D eigenvalue weighted by molar-refractivity contribution is 5.95. The van der Waals surface area contributed by atoms with E-state index < -0.39 is 0 Å². The summed E-state index contributed by atoms with van der Waals surface area (Å²) in [7, 11) is 0. The number of pyridine rings is 1. The van der Waals surface area contributed by atoms with Crippen molar-refractivity contribution in [3.05, 3.63) is 33.7 Å². The predicted octanol–water partition coefficient (Wildman–Crippen LogP) is 2.59. The molecule has 1 amide bonds. The zero-order chi connectivity index (χ0) is 15.2. The Kier molecular flexibility index (Phi) is 3.42. The molecule has 0 bridgehead atoms. The van der Waals surface area contributed by atoms with E-state index in [1.54, 1.807) is 0 Å². The van der Waals surface area contributed by atoms with Crippen molar-refractivity contribution < 1.29 is 4.79 Å². The lowest BCUT2D eigenvalue weighted by atomic mass is 9.55. The maximum atomic E-state index is 12.8. The van der Waals surface area contributed by atoms with Gasteiger partial charge in [-0.25, -0.2) is 0 Å². The average molecular weight is 288 g/mol. The van der Waals surface area contributed by atoms with Gasteiger partial charge in [-0.15, -0.1) is 0 Å². The molecule has 1 unspecified atom stereocenters. The quantitative estimate of drug-likeness (QED) is 0.929. The summed E-state index contributed by atoms with van der Waals surface area (Å²) in [5.41, 5.74) is 1.55. The highest BCUT2D eigenvalue weighted by Gasteiger charge is 2.58. The summed E-state index contributed by atoms with van der Waals surface area (Å²) in [4.78, 5) is 29.2. The molecule has 1 aromatic rings. The molecule has 21 heavy (non-hydrogen) atoms. The van der Waals surface area contributed by atoms with E-state index in [-0.39, 0.29) is 11.5 Å². The van der Waals surface area contributed by atoms with Crippen LogP contribution in [0.1, 0.15) is 56.1 Å². The molecule has 1 saturated carbocycles. The van der Waals surface area contributed by atoms with Crippen molar-refractivity contribution in [3.8, 4) is 0 Å². The Labute approximate surface area is 125 Å². The molecular formula is C17H24N2O2. The first-order valence-electron chi connectivity index (χ1n) is 8.01. The van der Waals surface area contributed by atoms with Gasteiger partial charge in [0, 0.05) is 35.3 Å². The summed E-state index contributed by atoms with van der Waals surface area (Å²) >= 11 is 0. The van der Waals surface area contributed by atoms with Crippen molar-refractivity contribution in [2.24, 2.45) is 11.3 Å². The van der Waals surface area contributed by atoms with Gasteiger partial charge >= 0.3 is 0 Å². The summed E-state index contributed by atoms with van der Waals surface area (Å²) in [6.45, 7) is 7.23. The second kappa shape index (κ2) is 5.00. The highest BCUT2D eigenvalue weighted by atomic mass is 16.2. The van der Waals surface area contributed by atoms with Gasteiger partial charge in [-0.3, -0.25) is 9.59 Å². The lowest BCUT2D eigenvalue weighted by Crippen LogP contribution is -2.70. The summed E-state index contributed by atoms with van der Waals surface area (Å²) in [6, 6.07) is 3.60. The molecule has 1 aromatic heterocycles. The number of amides is 1. The number of H-pyrrole nitrogens is 1. The topological polar surface area (TPSA) is 53.2 Å². The third kappa shape index (κ3) is 2.21. The van der Waals surface area contributed by atoms with E-state index in [1.807, 2.05) is 17.9 Å². The number of aromatic nitrogens is 1. The van der Waals surface area contributed by atoms with Crippen molar-refractivity contribution in [1.82, 2.24) is 9.88 Å². The summed E-state index contributed by atoms with van der Waals surface area (Å²) in [5, 5.41) is 0. The van der Waals surface area contributed by atoms with Gasteiger partial charge < -0.3 is 9.88 Å². The first-order chi connectivity index (χ1) is 9.97. The number of aryl methyl sites for hydroxylation is 1. The summed E-state index contributed by atoms with van der Waals surface area (Å²) < 4.78 is 0. The van der Waals surface area contributed by atoms with Crippen LogP contribution in [-0.2, 0) is 6.42 Å². The number of aromatic amines is 1. The zero-order valence-electron chi connectivity index (χ0n) is 13.1. The summed E-state index contributed by atoms with van der Waals surface area (Å²) in [5.74, 6) is 0.489. The molecular weight excluding hydrogens is 264 g/mol. The maximum Gasteiger partial charge on any atom is 0.254 e. The molecule has 0 aromatic carbocycles. The smallest absolute Gasteiger partial charge is 0.254 e. The fourth-order valence-corrected chi connectivity index (χ4v) is 4.18. The molecule has 2 fully saturated rings. The Bertz CT molecular complexity index is 613. The van der Waals surface area contributed by atoms with Crippen LogP contribution in [0.4, 0.5) is 0 Å². The van der Waals surface area contributed by atoms with Gasteiger partial charge in [0.2, 0.25) is 5.56 Å². The highest BCUT2D eigenvalue weighted by Crippen LogP contribution is 2.55. The van der Waals surface area contributed by atoms with Crippen LogP contribution in [0.5, 0.6) is 0 Å². The molecule has 114 valence electrons. The van der Waals surface area contributed by atoms with Gasteiger partial charge in [-0.2, -0.15) is 0 Å². The Hall–Kier alpha value is -1.58. The standard InChI is InChI=1S/C17H24N2O2/c1-4-13-8-12(9-14(20)18-13)16(21)19-10-17(6-5-7-17)15(19)11(2)3/h8-9,11,15H,4-7,10H2,1-3H3,(H,18,20). The number of nitrogens with zero attached hydrogens (tertiary/aromatic N) is 1. The van der Waals surface area contributed by atoms with Crippen molar-refractivity contribution in [3.63, 3.8) is 0 Å². The molecule has 1 aliphatic carbocycles. The number of rotatable bonds is 3. The number of hydrogen-bond donors (Lipinski definition) is 1. The lowest BCUT2D eigenvalue weighted by molar-refractivity contribution is -0.120. The van der Waals surface area contributed by atoms with Crippen LogP contribution in [0.2, 0.25) is 0 Å².